The number of hydrogen-bond donors (Lipinski definition) is 3. The lowest BCUT2D eigenvalue weighted by Gasteiger charge is -2.18. The van der Waals surface area contributed by atoms with Crippen molar-refractivity contribution in [3.63, 3.8) is 0 Å². The zero-order chi connectivity index (χ0) is 19.2. The van der Waals surface area contributed by atoms with E-state index in [4.69, 9.17) is 4.74 Å². The normalized spacial score (nSPS) is 14.1. The van der Waals surface area contributed by atoms with E-state index in [0.717, 1.165) is 24.8 Å². The molecule has 7 heteroatoms. The van der Waals surface area contributed by atoms with Crippen LogP contribution in [0.4, 0.5) is 10.5 Å². The zero-order valence-corrected chi connectivity index (χ0v) is 15.5. The molecule has 3 N–H and O–H groups in total. The van der Waals surface area contributed by atoms with Crippen molar-refractivity contribution in [2.75, 3.05) is 12.4 Å². The third-order valence-corrected chi connectivity index (χ3v) is 4.42. The summed E-state index contributed by atoms with van der Waals surface area (Å²) in [5, 5.41) is 8.65. The van der Waals surface area contributed by atoms with Crippen molar-refractivity contribution in [3.05, 3.63) is 53.9 Å². The highest BCUT2D eigenvalue weighted by atomic mass is 16.5. The Morgan fingerprint density at radius 3 is 2.74 bits per heavy atom. The number of ether oxygens (including phenoxy) is 1. The van der Waals surface area contributed by atoms with Crippen LogP contribution in [0.2, 0.25) is 0 Å². The molecule has 142 valence electrons. The third-order valence-electron chi connectivity index (χ3n) is 4.42. The van der Waals surface area contributed by atoms with Gasteiger partial charge in [-0.15, -0.1) is 0 Å². The smallest absolute Gasteiger partial charge is 0.319 e. The van der Waals surface area contributed by atoms with E-state index in [1.807, 2.05) is 19.1 Å². The number of hydrogen-bond acceptors (Lipinski definition) is 4. The van der Waals surface area contributed by atoms with Gasteiger partial charge in [0.25, 0.3) is 5.91 Å². The molecule has 1 atom stereocenters. The van der Waals surface area contributed by atoms with Gasteiger partial charge in [0.15, 0.2) is 0 Å². The predicted molar refractivity (Wildman–Crippen MR) is 103 cm³/mol. The van der Waals surface area contributed by atoms with Crippen molar-refractivity contribution in [3.8, 4) is 5.75 Å². The molecule has 1 aliphatic carbocycles. The van der Waals surface area contributed by atoms with Gasteiger partial charge in [-0.1, -0.05) is 13.0 Å². The lowest BCUT2D eigenvalue weighted by Crippen LogP contribution is -2.32. The Balaban J connectivity index is 1.70. The lowest BCUT2D eigenvalue weighted by atomic mass is 10.1. The van der Waals surface area contributed by atoms with Crippen molar-refractivity contribution in [1.82, 2.24) is 15.6 Å². The number of benzene rings is 1. The fourth-order valence-electron chi connectivity index (χ4n) is 2.76. The van der Waals surface area contributed by atoms with E-state index < -0.39 is 0 Å². The number of carbonyl (C=O) groups excluding carboxylic acids is 2. The quantitative estimate of drug-likeness (QED) is 0.699. The maximum absolute atomic E-state index is 12.5. The molecule has 0 unspecified atom stereocenters. The number of urea groups is 1. The molecule has 1 aliphatic rings. The number of nitrogens with one attached hydrogen (secondary N) is 3. The molecule has 0 bridgehead atoms. The molecule has 3 amide bonds. The van der Waals surface area contributed by atoms with E-state index >= 15 is 0 Å². The summed E-state index contributed by atoms with van der Waals surface area (Å²) in [5.74, 6) is 0.341. The van der Waals surface area contributed by atoms with Crippen LogP contribution >= 0.6 is 0 Å². The van der Waals surface area contributed by atoms with Gasteiger partial charge in [-0.25, -0.2) is 4.79 Å². The second-order valence-electron chi connectivity index (χ2n) is 6.51. The van der Waals surface area contributed by atoms with Crippen molar-refractivity contribution < 1.29 is 14.3 Å². The molecule has 1 fully saturated rings. The average molecular weight is 368 g/mol. The van der Waals surface area contributed by atoms with Crippen molar-refractivity contribution in [2.24, 2.45) is 0 Å². The zero-order valence-electron chi connectivity index (χ0n) is 15.5. The highest BCUT2D eigenvalue weighted by Crippen LogP contribution is 2.27. The molecule has 1 aromatic carbocycles. The van der Waals surface area contributed by atoms with Crippen molar-refractivity contribution in [1.29, 1.82) is 0 Å². The Bertz CT molecular complexity index is 806. The molecule has 1 aromatic heterocycles. The fourth-order valence-corrected chi connectivity index (χ4v) is 2.76. The standard InChI is InChI=1S/C20H24N4O3/c1-3-16(14-5-4-10-21-12-14)23-20(26)24-17-11-13(6-9-18(17)27-2)19(25)22-15-7-8-15/h4-6,9-12,15-16H,3,7-8H2,1-2H3,(H,22,25)(H2,23,24,26)/t16-/m0/s1. The first-order valence-electron chi connectivity index (χ1n) is 9.07. The van der Waals surface area contributed by atoms with Crippen LogP contribution in [0, 0.1) is 0 Å². The molecule has 0 aliphatic heterocycles. The fraction of sp³-hybridized carbons (Fsp3) is 0.350. The molecule has 7 nitrogen and oxygen atoms in total. The number of pyridine rings is 1. The lowest BCUT2D eigenvalue weighted by molar-refractivity contribution is 0.0951. The summed E-state index contributed by atoms with van der Waals surface area (Å²) in [7, 11) is 1.52. The second kappa shape index (κ2) is 8.53. The Labute approximate surface area is 158 Å². The average Bonchev–Trinajstić information content (AvgIpc) is 3.50. The highest BCUT2D eigenvalue weighted by Gasteiger charge is 2.24. The van der Waals surface area contributed by atoms with Gasteiger partial charge in [0.2, 0.25) is 0 Å². The monoisotopic (exact) mass is 368 g/mol. The van der Waals surface area contributed by atoms with Crippen LogP contribution < -0.4 is 20.7 Å². The maximum Gasteiger partial charge on any atom is 0.319 e. The molecular formula is C20H24N4O3. The Morgan fingerprint density at radius 2 is 2.11 bits per heavy atom. The molecule has 27 heavy (non-hydrogen) atoms. The van der Waals surface area contributed by atoms with Crippen LogP contribution in [-0.4, -0.2) is 30.1 Å². The van der Waals surface area contributed by atoms with Crippen molar-refractivity contribution in [2.45, 2.75) is 38.3 Å². The highest BCUT2D eigenvalue weighted by molar-refractivity contribution is 5.98. The number of aromatic nitrogens is 1. The second-order valence-corrected chi connectivity index (χ2v) is 6.51. The summed E-state index contributed by atoms with van der Waals surface area (Å²) in [6.07, 6.45) is 6.18. The minimum absolute atomic E-state index is 0.148. The van der Waals surface area contributed by atoms with Gasteiger partial charge in [-0.3, -0.25) is 9.78 Å². The van der Waals surface area contributed by atoms with Crippen LogP contribution in [0.25, 0.3) is 0 Å². The summed E-state index contributed by atoms with van der Waals surface area (Å²) in [4.78, 5) is 28.8. The van der Waals surface area contributed by atoms with Gasteiger partial charge < -0.3 is 20.7 Å². The molecule has 0 radical (unpaired) electrons. The van der Waals surface area contributed by atoms with Crippen molar-refractivity contribution >= 4 is 17.6 Å². The summed E-state index contributed by atoms with van der Waals surface area (Å²) in [5.41, 5.74) is 1.86. The Morgan fingerprint density at radius 1 is 1.30 bits per heavy atom. The van der Waals surface area contributed by atoms with Crippen LogP contribution in [0.1, 0.15) is 48.1 Å². The minimum atomic E-state index is -0.372. The number of carbonyl (C=O) groups is 2. The Hall–Kier alpha value is -3.09. The molecule has 1 saturated carbocycles. The number of amides is 3. The van der Waals surface area contributed by atoms with E-state index in [1.54, 1.807) is 30.6 Å². The van der Waals surface area contributed by atoms with Crippen LogP contribution in [0.15, 0.2) is 42.7 Å². The van der Waals surface area contributed by atoms with Gasteiger partial charge in [0.1, 0.15) is 5.75 Å². The van der Waals surface area contributed by atoms with Gasteiger partial charge in [-0.05, 0) is 49.1 Å². The van der Waals surface area contributed by atoms with E-state index in [1.165, 1.54) is 7.11 Å². The summed E-state index contributed by atoms with van der Waals surface area (Å²) < 4.78 is 5.31. The molecule has 1 heterocycles. The first-order valence-corrected chi connectivity index (χ1v) is 9.07. The number of methoxy groups -OCH3 is 1. The largest absolute Gasteiger partial charge is 0.495 e. The molecule has 2 aromatic rings. The van der Waals surface area contributed by atoms with Crippen LogP contribution in [-0.2, 0) is 0 Å². The number of nitrogens with zero attached hydrogens (tertiary/aromatic N) is 1. The SMILES string of the molecule is CC[C@H](NC(=O)Nc1cc(C(=O)NC2CC2)ccc1OC)c1cccnc1. The van der Waals surface area contributed by atoms with E-state index in [9.17, 15) is 9.59 Å². The molecule has 3 rings (SSSR count). The van der Waals surface area contributed by atoms with E-state index in [2.05, 4.69) is 20.9 Å². The van der Waals surface area contributed by atoms with E-state index in [-0.39, 0.29) is 24.0 Å². The summed E-state index contributed by atoms with van der Waals surface area (Å²) in [6.45, 7) is 1.99. The van der Waals surface area contributed by atoms with Gasteiger partial charge >= 0.3 is 6.03 Å². The van der Waals surface area contributed by atoms with E-state index in [0.29, 0.717) is 17.0 Å². The molecular weight excluding hydrogens is 344 g/mol. The summed E-state index contributed by atoms with van der Waals surface area (Å²) in [6, 6.07) is 8.48. The Kier molecular flexibility index (Phi) is 5.90. The third kappa shape index (κ3) is 4.97. The predicted octanol–water partition coefficient (Wildman–Crippen LogP) is 3.26. The van der Waals surface area contributed by atoms with Gasteiger partial charge in [-0.2, -0.15) is 0 Å². The number of rotatable bonds is 7. The molecule has 0 spiro atoms. The molecule has 0 saturated heterocycles. The topological polar surface area (TPSA) is 92.4 Å². The maximum atomic E-state index is 12.5. The summed E-state index contributed by atoms with van der Waals surface area (Å²) >= 11 is 0. The first-order chi connectivity index (χ1) is 13.1. The first kappa shape index (κ1) is 18.7. The van der Waals surface area contributed by atoms with Gasteiger partial charge in [0.05, 0.1) is 18.8 Å². The minimum Gasteiger partial charge on any atom is -0.495 e. The number of anilines is 1. The van der Waals surface area contributed by atoms with Crippen LogP contribution in [0.3, 0.4) is 0 Å². The van der Waals surface area contributed by atoms with Gasteiger partial charge in [0, 0.05) is 24.0 Å². The van der Waals surface area contributed by atoms with Crippen LogP contribution in [0.5, 0.6) is 5.75 Å².